The maximum atomic E-state index is 12.3. The predicted molar refractivity (Wildman–Crippen MR) is 78.4 cm³/mol. The summed E-state index contributed by atoms with van der Waals surface area (Å²) in [4.78, 5) is 13.8. The van der Waals surface area contributed by atoms with Crippen molar-refractivity contribution in [3.63, 3.8) is 0 Å². The lowest BCUT2D eigenvalue weighted by molar-refractivity contribution is 0.0703. The second kappa shape index (κ2) is 7.68. The van der Waals surface area contributed by atoms with Gasteiger partial charge in [-0.25, -0.2) is 0 Å². The number of carbonyl (C=O) groups is 1. The van der Waals surface area contributed by atoms with E-state index in [-0.39, 0.29) is 12.5 Å². The Morgan fingerprint density at radius 2 is 2.15 bits per heavy atom. The van der Waals surface area contributed by atoms with Crippen LogP contribution in [0.1, 0.15) is 34.8 Å². The molecule has 1 aromatic rings. The molecule has 0 bridgehead atoms. The SMILES string of the molecule is Cc1c(C#CCCO)cccc1C(=O)N(C)CC(C)O. The van der Waals surface area contributed by atoms with Crippen LogP contribution in [0.2, 0.25) is 0 Å². The van der Waals surface area contributed by atoms with Gasteiger partial charge < -0.3 is 15.1 Å². The van der Waals surface area contributed by atoms with Crippen LogP contribution in [0.4, 0.5) is 0 Å². The topological polar surface area (TPSA) is 60.8 Å². The molecule has 0 radical (unpaired) electrons. The van der Waals surface area contributed by atoms with Crippen molar-refractivity contribution >= 4 is 5.91 Å². The summed E-state index contributed by atoms with van der Waals surface area (Å²) < 4.78 is 0. The van der Waals surface area contributed by atoms with Gasteiger partial charge in [0, 0.05) is 31.1 Å². The molecule has 0 aliphatic rings. The number of benzene rings is 1. The quantitative estimate of drug-likeness (QED) is 0.811. The second-order valence-corrected chi connectivity index (χ2v) is 4.79. The van der Waals surface area contributed by atoms with E-state index in [0.29, 0.717) is 18.5 Å². The third-order valence-corrected chi connectivity index (χ3v) is 2.91. The molecule has 1 rings (SSSR count). The summed E-state index contributed by atoms with van der Waals surface area (Å²) in [7, 11) is 1.67. The first kappa shape index (κ1) is 16.2. The monoisotopic (exact) mass is 275 g/mol. The van der Waals surface area contributed by atoms with Gasteiger partial charge in [-0.1, -0.05) is 17.9 Å². The summed E-state index contributed by atoms with van der Waals surface area (Å²) in [5.74, 6) is 5.68. The predicted octanol–water partition coefficient (Wildman–Crippen LogP) is 1.18. The van der Waals surface area contributed by atoms with E-state index in [1.54, 1.807) is 26.1 Å². The summed E-state index contributed by atoms with van der Waals surface area (Å²) in [6, 6.07) is 5.40. The number of nitrogens with zero attached hydrogens (tertiary/aromatic N) is 1. The van der Waals surface area contributed by atoms with Crippen LogP contribution >= 0.6 is 0 Å². The molecule has 0 heterocycles. The third kappa shape index (κ3) is 4.37. The number of rotatable bonds is 4. The van der Waals surface area contributed by atoms with E-state index in [1.807, 2.05) is 13.0 Å². The third-order valence-electron chi connectivity index (χ3n) is 2.91. The number of aliphatic hydroxyl groups excluding tert-OH is 2. The average Bonchev–Trinajstić information content (AvgIpc) is 2.39. The van der Waals surface area contributed by atoms with Gasteiger partial charge in [-0.05, 0) is 31.5 Å². The van der Waals surface area contributed by atoms with Crippen LogP contribution in [0.15, 0.2) is 18.2 Å². The van der Waals surface area contributed by atoms with Crippen LogP contribution < -0.4 is 0 Å². The summed E-state index contributed by atoms with van der Waals surface area (Å²) in [5.41, 5.74) is 2.19. The molecule has 0 saturated heterocycles. The largest absolute Gasteiger partial charge is 0.395 e. The molecule has 0 aromatic heterocycles. The van der Waals surface area contributed by atoms with E-state index in [4.69, 9.17) is 5.11 Å². The lowest BCUT2D eigenvalue weighted by Gasteiger charge is -2.20. The molecular formula is C16H21NO3. The zero-order valence-electron chi connectivity index (χ0n) is 12.2. The van der Waals surface area contributed by atoms with Crippen LogP contribution in [0.5, 0.6) is 0 Å². The molecule has 1 amide bonds. The van der Waals surface area contributed by atoms with Crippen molar-refractivity contribution in [2.24, 2.45) is 0 Å². The van der Waals surface area contributed by atoms with Gasteiger partial charge in [-0.3, -0.25) is 4.79 Å². The van der Waals surface area contributed by atoms with Gasteiger partial charge in [-0.15, -0.1) is 0 Å². The molecule has 2 N–H and O–H groups in total. The summed E-state index contributed by atoms with van der Waals surface area (Å²) in [6.07, 6.45) is -0.142. The first-order chi connectivity index (χ1) is 9.47. The van der Waals surface area contributed by atoms with Gasteiger partial charge in [0.15, 0.2) is 0 Å². The maximum absolute atomic E-state index is 12.3. The number of hydrogen-bond acceptors (Lipinski definition) is 3. The standard InChI is InChI=1S/C16H21NO3/c1-12(19)11-17(3)16(20)15-9-6-8-14(13(15)2)7-4-5-10-18/h6,8-9,12,18-19H,5,10-11H2,1-3H3. The molecule has 4 heteroatoms. The van der Waals surface area contributed by atoms with E-state index in [9.17, 15) is 9.90 Å². The Hall–Kier alpha value is -1.83. The Labute approximate surface area is 120 Å². The highest BCUT2D eigenvalue weighted by atomic mass is 16.3. The van der Waals surface area contributed by atoms with Crippen LogP contribution in [-0.2, 0) is 0 Å². The Kier molecular flexibility index (Phi) is 6.23. The number of aliphatic hydroxyl groups is 2. The maximum Gasteiger partial charge on any atom is 0.253 e. The molecule has 0 aliphatic carbocycles. The molecule has 1 unspecified atom stereocenters. The number of likely N-dealkylation sites (N-methyl/N-ethyl adjacent to an activating group) is 1. The Morgan fingerprint density at radius 1 is 1.45 bits per heavy atom. The molecule has 0 spiro atoms. The van der Waals surface area contributed by atoms with E-state index in [2.05, 4.69) is 11.8 Å². The zero-order chi connectivity index (χ0) is 15.1. The van der Waals surface area contributed by atoms with E-state index < -0.39 is 6.10 Å². The van der Waals surface area contributed by atoms with Crippen molar-refractivity contribution in [2.45, 2.75) is 26.4 Å². The molecule has 0 fully saturated rings. The second-order valence-electron chi connectivity index (χ2n) is 4.79. The molecule has 4 nitrogen and oxygen atoms in total. The zero-order valence-corrected chi connectivity index (χ0v) is 12.2. The Morgan fingerprint density at radius 3 is 2.75 bits per heavy atom. The van der Waals surface area contributed by atoms with E-state index in [0.717, 1.165) is 11.1 Å². The van der Waals surface area contributed by atoms with Crippen molar-refractivity contribution in [2.75, 3.05) is 20.2 Å². The van der Waals surface area contributed by atoms with Gasteiger partial charge in [0.25, 0.3) is 5.91 Å². The molecule has 0 saturated carbocycles. The van der Waals surface area contributed by atoms with Crippen LogP contribution in [0.3, 0.4) is 0 Å². The van der Waals surface area contributed by atoms with E-state index >= 15 is 0 Å². The normalized spacial score (nSPS) is 11.4. The number of amides is 1. The minimum atomic E-state index is -0.559. The van der Waals surface area contributed by atoms with Gasteiger partial charge in [0.1, 0.15) is 0 Å². The van der Waals surface area contributed by atoms with Gasteiger partial charge in [-0.2, -0.15) is 0 Å². The smallest absolute Gasteiger partial charge is 0.253 e. The fourth-order valence-corrected chi connectivity index (χ4v) is 1.90. The number of hydrogen-bond donors (Lipinski definition) is 2. The minimum absolute atomic E-state index is 0.0296. The molecule has 1 aromatic carbocycles. The highest BCUT2D eigenvalue weighted by molar-refractivity contribution is 5.96. The molecule has 0 aliphatic heterocycles. The highest BCUT2D eigenvalue weighted by Gasteiger charge is 2.16. The van der Waals surface area contributed by atoms with Crippen molar-refractivity contribution in [3.8, 4) is 11.8 Å². The lowest BCUT2D eigenvalue weighted by Crippen LogP contribution is -2.33. The highest BCUT2D eigenvalue weighted by Crippen LogP contribution is 2.15. The molecule has 108 valence electrons. The summed E-state index contributed by atoms with van der Waals surface area (Å²) >= 11 is 0. The first-order valence-corrected chi connectivity index (χ1v) is 6.60. The molecule has 1 atom stereocenters. The fraction of sp³-hybridized carbons (Fsp3) is 0.438. The Balaban J connectivity index is 3.00. The van der Waals surface area contributed by atoms with Crippen molar-refractivity contribution < 1.29 is 15.0 Å². The van der Waals surface area contributed by atoms with E-state index in [1.165, 1.54) is 4.90 Å². The minimum Gasteiger partial charge on any atom is -0.395 e. The van der Waals surface area contributed by atoms with Crippen LogP contribution in [0.25, 0.3) is 0 Å². The van der Waals surface area contributed by atoms with Crippen molar-refractivity contribution in [1.29, 1.82) is 0 Å². The van der Waals surface area contributed by atoms with Crippen molar-refractivity contribution in [1.82, 2.24) is 4.90 Å². The summed E-state index contributed by atoms with van der Waals surface area (Å²) in [5, 5.41) is 18.1. The number of carbonyl (C=O) groups excluding carboxylic acids is 1. The first-order valence-electron chi connectivity index (χ1n) is 6.60. The lowest BCUT2D eigenvalue weighted by atomic mass is 10.0. The van der Waals surface area contributed by atoms with Gasteiger partial charge in [0.2, 0.25) is 0 Å². The van der Waals surface area contributed by atoms with Crippen LogP contribution in [-0.4, -0.2) is 47.3 Å². The average molecular weight is 275 g/mol. The van der Waals surface area contributed by atoms with Gasteiger partial charge in [0.05, 0.1) is 12.7 Å². The Bertz CT molecular complexity index is 526. The fourth-order valence-electron chi connectivity index (χ4n) is 1.90. The molecule has 20 heavy (non-hydrogen) atoms. The van der Waals surface area contributed by atoms with Crippen molar-refractivity contribution in [3.05, 3.63) is 34.9 Å². The van der Waals surface area contributed by atoms with Gasteiger partial charge >= 0.3 is 0 Å². The molecular weight excluding hydrogens is 254 g/mol. The van der Waals surface area contributed by atoms with Crippen LogP contribution in [0, 0.1) is 18.8 Å². The summed E-state index contributed by atoms with van der Waals surface area (Å²) in [6.45, 7) is 3.82.